The topological polar surface area (TPSA) is 87.8 Å². The molecule has 0 aliphatic rings. The summed E-state index contributed by atoms with van der Waals surface area (Å²) in [7, 11) is 0. The van der Waals surface area contributed by atoms with Crippen molar-refractivity contribution in [1.82, 2.24) is 9.78 Å². The molecular weight excluding hydrogens is 376 g/mol. The first-order valence-corrected chi connectivity index (χ1v) is 9.42. The van der Waals surface area contributed by atoms with Gasteiger partial charge in [0.15, 0.2) is 5.69 Å². The largest absolute Gasteiger partial charge is 0.320 e. The van der Waals surface area contributed by atoms with Gasteiger partial charge in [-0.1, -0.05) is 54.6 Å². The molecular formula is C24H18N4O2. The predicted molar refractivity (Wildman–Crippen MR) is 115 cm³/mol. The fourth-order valence-corrected chi connectivity index (χ4v) is 3.27. The molecule has 0 aliphatic carbocycles. The lowest BCUT2D eigenvalue weighted by atomic mass is 10.1. The number of benzene rings is 3. The summed E-state index contributed by atoms with van der Waals surface area (Å²) in [6.45, 7) is 2.10. The Hall–Kier alpha value is -4.24. The van der Waals surface area contributed by atoms with Crippen molar-refractivity contribution in [3.05, 3.63) is 106 Å². The Labute approximate surface area is 173 Å². The third-order valence-electron chi connectivity index (χ3n) is 4.87. The number of amides is 1. The van der Waals surface area contributed by atoms with E-state index in [0.29, 0.717) is 22.0 Å². The molecule has 1 N–H and O–H groups in total. The lowest BCUT2D eigenvalue weighted by Gasteiger charge is -2.13. The van der Waals surface area contributed by atoms with E-state index in [1.54, 1.807) is 42.5 Å². The molecule has 30 heavy (non-hydrogen) atoms. The number of aromatic nitrogens is 2. The van der Waals surface area contributed by atoms with Crippen LogP contribution in [0.4, 0.5) is 5.69 Å². The molecule has 0 aliphatic heterocycles. The zero-order chi connectivity index (χ0) is 21.1. The second kappa shape index (κ2) is 8.02. The Balaban J connectivity index is 1.80. The number of carbonyl (C=O) groups is 1. The standard InChI is InChI=1S/C24H18N4O2/c1-16-11-12-18(14-25)13-21(16)26-23(29)22-19-9-5-6-10-20(19)24(30)28(27-22)15-17-7-3-2-4-8-17/h2-13H,15H2,1H3,(H,26,29). The number of rotatable bonds is 4. The van der Waals surface area contributed by atoms with Crippen molar-refractivity contribution in [3.8, 4) is 6.07 Å². The highest BCUT2D eigenvalue weighted by molar-refractivity contribution is 6.11. The minimum Gasteiger partial charge on any atom is -0.320 e. The Morgan fingerprint density at radius 2 is 1.73 bits per heavy atom. The molecule has 1 amide bonds. The lowest BCUT2D eigenvalue weighted by molar-refractivity contribution is 0.102. The van der Waals surface area contributed by atoms with Crippen molar-refractivity contribution < 1.29 is 4.79 Å². The van der Waals surface area contributed by atoms with E-state index in [-0.39, 0.29) is 17.8 Å². The van der Waals surface area contributed by atoms with Crippen LogP contribution in [0.5, 0.6) is 0 Å². The maximum absolute atomic E-state index is 13.1. The molecule has 1 heterocycles. The van der Waals surface area contributed by atoms with Crippen LogP contribution < -0.4 is 10.9 Å². The van der Waals surface area contributed by atoms with Crippen LogP contribution in [0.25, 0.3) is 10.8 Å². The molecule has 0 saturated carbocycles. The highest BCUT2D eigenvalue weighted by Gasteiger charge is 2.18. The molecule has 6 heteroatoms. The number of fused-ring (bicyclic) bond motifs is 1. The van der Waals surface area contributed by atoms with E-state index in [9.17, 15) is 9.59 Å². The van der Waals surface area contributed by atoms with Crippen LogP contribution in [-0.4, -0.2) is 15.7 Å². The number of nitriles is 1. The van der Waals surface area contributed by atoms with Crippen LogP contribution in [0, 0.1) is 18.3 Å². The Morgan fingerprint density at radius 3 is 2.47 bits per heavy atom. The molecule has 4 aromatic rings. The van der Waals surface area contributed by atoms with Crippen molar-refractivity contribution in [2.24, 2.45) is 0 Å². The van der Waals surface area contributed by atoms with E-state index in [0.717, 1.165) is 11.1 Å². The van der Waals surface area contributed by atoms with Crippen LogP contribution >= 0.6 is 0 Å². The molecule has 146 valence electrons. The van der Waals surface area contributed by atoms with Gasteiger partial charge in [0.2, 0.25) is 0 Å². The van der Waals surface area contributed by atoms with Crippen molar-refractivity contribution in [2.75, 3.05) is 5.32 Å². The van der Waals surface area contributed by atoms with Gasteiger partial charge in [0.25, 0.3) is 11.5 Å². The zero-order valence-electron chi connectivity index (χ0n) is 16.3. The quantitative estimate of drug-likeness (QED) is 0.569. The smallest absolute Gasteiger partial charge is 0.276 e. The second-order valence-electron chi connectivity index (χ2n) is 6.94. The van der Waals surface area contributed by atoms with E-state index in [4.69, 9.17) is 5.26 Å². The highest BCUT2D eigenvalue weighted by Crippen LogP contribution is 2.20. The fraction of sp³-hybridized carbons (Fsp3) is 0.0833. The van der Waals surface area contributed by atoms with Gasteiger partial charge in [0, 0.05) is 11.1 Å². The molecule has 1 aromatic heterocycles. The molecule has 0 unspecified atom stereocenters. The summed E-state index contributed by atoms with van der Waals surface area (Å²) in [5, 5.41) is 17.3. The summed E-state index contributed by atoms with van der Waals surface area (Å²) >= 11 is 0. The zero-order valence-corrected chi connectivity index (χ0v) is 16.3. The van der Waals surface area contributed by atoms with Gasteiger partial charge in [-0.3, -0.25) is 9.59 Å². The van der Waals surface area contributed by atoms with Gasteiger partial charge in [-0.2, -0.15) is 10.4 Å². The van der Waals surface area contributed by atoms with Gasteiger partial charge < -0.3 is 5.32 Å². The number of hydrogen-bond acceptors (Lipinski definition) is 4. The van der Waals surface area contributed by atoms with Gasteiger partial charge in [-0.25, -0.2) is 4.68 Å². The lowest BCUT2D eigenvalue weighted by Crippen LogP contribution is -2.28. The molecule has 0 saturated heterocycles. The van der Waals surface area contributed by atoms with Gasteiger partial charge >= 0.3 is 0 Å². The number of aryl methyl sites for hydroxylation is 1. The van der Waals surface area contributed by atoms with Crippen LogP contribution in [0.3, 0.4) is 0 Å². The Morgan fingerprint density at radius 1 is 1.03 bits per heavy atom. The van der Waals surface area contributed by atoms with E-state index in [1.165, 1.54) is 4.68 Å². The van der Waals surface area contributed by atoms with Crippen molar-refractivity contribution in [3.63, 3.8) is 0 Å². The Bertz CT molecular complexity index is 1350. The summed E-state index contributed by atoms with van der Waals surface area (Å²) in [5.41, 5.74) is 2.61. The summed E-state index contributed by atoms with van der Waals surface area (Å²) in [5.74, 6) is -0.439. The van der Waals surface area contributed by atoms with E-state index in [1.807, 2.05) is 37.3 Å². The number of carbonyl (C=O) groups excluding carboxylic acids is 1. The first-order chi connectivity index (χ1) is 14.6. The number of nitrogens with zero attached hydrogens (tertiary/aromatic N) is 3. The molecule has 0 bridgehead atoms. The Kier molecular flexibility index (Phi) is 5.10. The second-order valence-corrected chi connectivity index (χ2v) is 6.94. The van der Waals surface area contributed by atoms with Crippen molar-refractivity contribution in [1.29, 1.82) is 5.26 Å². The maximum Gasteiger partial charge on any atom is 0.276 e. The van der Waals surface area contributed by atoms with E-state index < -0.39 is 5.91 Å². The SMILES string of the molecule is Cc1ccc(C#N)cc1NC(=O)c1nn(Cc2ccccc2)c(=O)c2ccccc12. The van der Waals surface area contributed by atoms with Crippen molar-refractivity contribution >= 4 is 22.4 Å². The maximum atomic E-state index is 13.1. The third kappa shape index (κ3) is 3.69. The molecule has 4 rings (SSSR count). The van der Waals surface area contributed by atoms with E-state index >= 15 is 0 Å². The molecule has 0 spiro atoms. The molecule has 0 atom stereocenters. The fourth-order valence-electron chi connectivity index (χ4n) is 3.27. The van der Waals surface area contributed by atoms with Gasteiger partial charge in [-0.15, -0.1) is 0 Å². The minimum atomic E-state index is -0.439. The highest BCUT2D eigenvalue weighted by atomic mass is 16.2. The number of anilines is 1. The van der Waals surface area contributed by atoms with Gasteiger partial charge in [0.1, 0.15) is 0 Å². The normalized spacial score (nSPS) is 10.5. The number of hydrogen-bond donors (Lipinski definition) is 1. The molecule has 6 nitrogen and oxygen atoms in total. The third-order valence-corrected chi connectivity index (χ3v) is 4.87. The first kappa shape index (κ1) is 19.1. The first-order valence-electron chi connectivity index (χ1n) is 9.42. The average molecular weight is 394 g/mol. The van der Waals surface area contributed by atoms with Crippen molar-refractivity contribution in [2.45, 2.75) is 13.5 Å². The van der Waals surface area contributed by atoms with Crippen LogP contribution in [0.15, 0.2) is 77.6 Å². The summed E-state index contributed by atoms with van der Waals surface area (Å²) in [4.78, 5) is 26.1. The number of nitrogens with one attached hydrogen (secondary N) is 1. The molecule has 3 aromatic carbocycles. The summed E-state index contributed by atoms with van der Waals surface area (Å²) < 4.78 is 1.31. The van der Waals surface area contributed by atoms with Crippen LogP contribution in [0.2, 0.25) is 0 Å². The minimum absolute atomic E-state index is 0.155. The van der Waals surface area contributed by atoms with E-state index in [2.05, 4.69) is 16.5 Å². The van der Waals surface area contributed by atoms with Gasteiger partial charge in [0.05, 0.1) is 23.6 Å². The van der Waals surface area contributed by atoms with Gasteiger partial charge in [-0.05, 0) is 36.2 Å². The average Bonchev–Trinajstić information content (AvgIpc) is 2.78. The monoisotopic (exact) mass is 394 g/mol. The predicted octanol–water partition coefficient (Wildman–Crippen LogP) is 3.88. The summed E-state index contributed by atoms with van der Waals surface area (Å²) in [6.07, 6.45) is 0. The van der Waals surface area contributed by atoms with Crippen LogP contribution in [0.1, 0.15) is 27.2 Å². The molecule has 0 radical (unpaired) electrons. The van der Waals surface area contributed by atoms with Crippen LogP contribution in [-0.2, 0) is 6.54 Å². The summed E-state index contributed by atoms with van der Waals surface area (Å²) in [6, 6.07) is 23.6. The molecule has 0 fully saturated rings.